The van der Waals surface area contributed by atoms with E-state index >= 15 is 0 Å². The fraction of sp³-hybridized carbons (Fsp3) is 0.231. The number of methoxy groups -OCH3 is 1. The van der Waals surface area contributed by atoms with Gasteiger partial charge in [0.15, 0.2) is 0 Å². The molecule has 0 N–H and O–H groups in total. The summed E-state index contributed by atoms with van der Waals surface area (Å²) in [6.45, 7) is 0.360. The molecule has 0 fully saturated rings. The standard InChI is InChI=1S/C13H13N3O2/c1-16-4-3-11(15-16)9-18-13-6-10(8-14)5-12(7-13)17-2/h3-7H,9H2,1-2H3. The normalized spacial score (nSPS) is 9.83. The molecule has 92 valence electrons. The van der Waals surface area contributed by atoms with E-state index in [4.69, 9.17) is 14.7 Å². The maximum Gasteiger partial charge on any atom is 0.132 e. The maximum atomic E-state index is 8.89. The first kappa shape index (κ1) is 12.0. The molecule has 1 aromatic carbocycles. The number of hydrogen-bond acceptors (Lipinski definition) is 4. The van der Waals surface area contributed by atoms with Gasteiger partial charge in [0.1, 0.15) is 18.1 Å². The number of ether oxygens (including phenoxy) is 2. The number of benzene rings is 1. The van der Waals surface area contributed by atoms with Crippen LogP contribution in [0.1, 0.15) is 11.3 Å². The van der Waals surface area contributed by atoms with Crippen molar-refractivity contribution in [1.82, 2.24) is 9.78 Å². The van der Waals surface area contributed by atoms with E-state index in [1.165, 1.54) is 0 Å². The predicted octanol–water partition coefficient (Wildman–Crippen LogP) is 1.88. The minimum absolute atomic E-state index is 0.360. The Labute approximate surface area is 105 Å². The summed E-state index contributed by atoms with van der Waals surface area (Å²) < 4.78 is 12.4. The van der Waals surface area contributed by atoms with E-state index in [9.17, 15) is 0 Å². The lowest BCUT2D eigenvalue weighted by Crippen LogP contribution is -1.98. The first-order chi connectivity index (χ1) is 8.71. The van der Waals surface area contributed by atoms with Gasteiger partial charge in [-0.15, -0.1) is 0 Å². The second-order valence-corrected chi connectivity index (χ2v) is 3.78. The van der Waals surface area contributed by atoms with Gasteiger partial charge in [-0.2, -0.15) is 10.4 Å². The van der Waals surface area contributed by atoms with E-state index in [-0.39, 0.29) is 0 Å². The summed E-state index contributed by atoms with van der Waals surface area (Å²) in [6, 6.07) is 9.02. The average Bonchev–Trinajstić information content (AvgIpc) is 2.81. The van der Waals surface area contributed by atoms with E-state index in [0.29, 0.717) is 23.7 Å². The summed E-state index contributed by atoms with van der Waals surface area (Å²) in [4.78, 5) is 0. The average molecular weight is 243 g/mol. The Hall–Kier alpha value is -2.48. The third-order valence-corrected chi connectivity index (χ3v) is 2.40. The van der Waals surface area contributed by atoms with Crippen molar-refractivity contribution in [1.29, 1.82) is 5.26 Å². The second-order valence-electron chi connectivity index (χ2n) is 3.78. The molecule has 0 radical (unpaired) electrons. The molecule has 0 aliphatic rings. The number of nitrogens with zero attached hydrogens (tertiary/aromatic N) is 3. The van der Waals surface area contributed by atoms with Crippen molar-refractivity contribution >= 4 is 0 Å². The van der Waals surface area contributed by atoms with Gasteiger partial charge in [0.25, 0.3) is 0 Å². The van der Waals surface area contributed by atoms with Crippen LogP contribution >= 0.6 is 0 Å². The van der Waals surface area contributed by atoms with E-state index in [1.54, 1.807) is 30.0 Å². The molecule has 0 bridgehead atoms. The van der Waals surface area contributed by atoms with Crippen LogP contribution in [0.15, 0.2) is 30.5 Å². The molecular formula is C13H13N3O2. The minimum atomic E-state index is 0.360. The molecule has 1 heterocycles. The minimum Gasteiger partial charge on any atom is -0.497 e. The zero-order valence-electron chi connectivity index (χ0n) is 10.3. The van der Waals surface area contributed by atoms with Crippen molar-refractivity contribution in [2.24, 2.45) is 7.05 Å². The summed E-state index contributed by atoms with van der Waals surface area (Å²) in [7, 11) is 3.40. The van der Waals surface area contributed by atoms with E-state index < -0.39 is 0 Å². The first-order valence-electron chi connectivity index (χ1n) is 5.42. The lowest BCUT2D eigenvalue weighted by atomic mass is 10.2. The molecule has 0 spiro atoms. The molecule has 5 nitrogen and oxygen atoms in total. The van der Waals surface area contributed by atoms with Gasteiger partial charge in [-0.1, -0.05) is 0 Å². The molecule has 0 saturated carbocycles. The summed E-state index contributed by atoms with van der Waals surface area (Å²) in [5.74, 6) is 1.20. The molecule has 1 aromatic heterocycles. The van der Waals surface area contributed by atoms with Crippen molar-refractivity contribution in [3.63, 3.8) is 0 Å². The third-order valence-electron chi connectivity index (χ3n) is 2.40. The van der Waals surface area contributed by atoms with Crippen molar-refractivity contribution in [3.05, 3.63) is 41.7 Å². The number of rotatable bonds is 4. The first-order valence-corrected chi connectivity index (χ1v) is 5.42. The zero-order valence-corrected chi connectivity index (χ0v) is 10.3. The smallest absolute Gasteiger partial charge is 0.132 e. The molecule has 0 unspecified atom stereocenters. The van der Waals surface area contributed by atoms with Gasteiger partial charge >= 0.3 is 0 Å². The number of aromatic nitrogens is 2. The lowest BCUT2D eigenvalue weighted by molar-refractivity contribution is 0.297. The molecule has 0 atom stereocenters. The summed E-state index contributed by atoms with van der Waals surface area (Å²) >= 11 is 0. The van der Waals surface area contributed by atoms with Crippen LogP contribution in [0.3, 0.4) is 0 Å². The Bertz CT molecular complexity index is 584. The maximum absolute atomic E-state index is 8.89. The van der Waals surface area contributed by atoms with Gasteiger partial charge in [0, 0.05) is 19.3 Å². The van der Waals surface area contributed by atoms with Gasteiger partial charge < -0.3 is 9.47 Å². The molecular weight excluding hydrogens is 230 g/mol. The van der Waals surface area contributed by atoms with Crippen LogP contribution < -0.4 is 9.47 Å². The van der Waals surface area contributed by atoms with Gasteiger partial charge in [0.05, 0.1) is 24.4 Å². The Balaban J connectivity index is 2.11. The van der Waals surface area contributed by atoms with Crippen LogP contribution in [0.4, 0.5) is 0 Å². The Kier molecular flexibility index (Phi) is 3.49. The topological polar surface area (TPSA) is 60.1 Å². The largest absolute Gasteiger partial charge is 0.497 e. The fourth-order valence-corrected chi connectivity index (χ4v) is 1.53. The van der Waals surface area contributed by atoms with Crippen LogP contribution in [-0.4, -0.2) is 16.9 Å². The SMILES string of the molecule is COc1cc(C#N)cc(OCc2ccn(C)n2)c1. The molecule has 0 aliphatic carbocycles. The second kappa shape index (κ2) is 5.23. The summed E-state index contributed by atoms with van der Waals surface area (Å²) in [5.41, 5.74) is 1.34. The number of hydrogen-bond donors (Lipinski definition) is 0. The van der Waals surface area contributed by atoms with Gasteiger partial charge in [-0.05, 0) is 18.2 Å². The highest BCUT2D eigenvalue weighted by molar-refractivity contribution is 5.43. The number of nitriles is 1. The predicted molar refractivity (Wildman–Crippen MR) is 65.2 cm³/mol. The zero-order chi connectivity index (χ0) is 13.0. The molecule has 5 heteroatoms. The highest BCUT2D eigenvalue weighted by Crippen LogP contribution is 2.22. The third kappa shape index (κ3) is 2.80. The summed E-state index contributed by atoms with van der Waals surface area (Å²) in [6.07, 6.45) is 1.85. The van der Waals surface area contributed by atoms with Crippen molar-refractivity contribution in [2.75, 3.05) is 7.11 Å². The van der Waals surface area contributed by atoms with Crippen molar-refractivity contribution in [3.8, 4) is 17.6 Å². The van der Waals surface area contributed by atoms with Crippen molar-refractivity contribution < 1.29 is 9.47 Å². The Morgan fingerprint density at radius 3 is 2.72 bits per heavy atom. The quantitative estimate of drug-likeness (QED) is 0.822. The van der Waals surface area contributed by atoms with Crippen molar-refractivity contribution in [2.45, 2.75) is 6.61 Å². The van der Waals surface area contributed by atoms with Gasteiger partial charge in [-0.3, -0.25) is 4.68 Å². The van der Waals surface area contributed by atoms with Crippen LogP contribution in [0, 0.1) is 11.3 Å². The van der Waals surface area contributed by atoms with Crippen LogP contribution in [0.2, 0.25) is 0 Å². The fourth-order valence-electron chi connectivity index (χ4n) is 1.53. The van der Waals surface area contributed by atoms with Gasteiger partial charge in [-0.25, -0.2) is 0 Å². The number of aryl methyl sites for hydroxylation is 1. The molecule has 0 aliphatic heterocycles. The van der Waals surface area contributed by atoms with Crippen LogP contribution in [0.5, 0.6) is 11.5 Å². The molecule has 2 rings (SSSR count). The lowest BCUT2D eigenvalue weighted by Gasteiger charge is -2.07. The highest BCUT2D eigenvalue weighted by atomic mass is 16.5. The monoisotopic (exact) mass is 243 g/mol. The summed E-state index contributed by atoms with van der Waals surface area (Å²) in [5, 5.41) is 13.1. The van der Waals surface area contributed by atoms with E-state index in [1.807, 2.05) is 19.3 Å². The van der Waals surface area contributed by atoms with E-state index in [2.05, 4.69) is 11.2 Å². The van der Waals surface area contributed by atoms with Gasteiger partial charge in [0.2, 0.25) is 0 Å². The Morgan fingerprint density at radius 2 is 2.11 bits per heavy atom. The molecule has 2 aromatic rings. The van der Waals surface area contributed by atoms with E-state index in [0.717, 1.165) is 5.69 Å². The highest BCUT2D eigenvalue weighted by Gasteiger charge is 2.03. The molecule has 0 saturated heterocycles. The molecule has 18 heavy (non-hydrogen) atoms. The Morgan fingerprint density at radius 1 is 1.33 bits per heavy atom. The van der Waals surface area contributed by atoms with Crippen LogP contribution in [0.25, 0.3) is 0 Å². The molecule has 0 amide bonds. The van der Waals surface area contributed by atoms with Crippen LogP contribution in [-0.2, 0) is 13.7 Å².